The van der Waals surface area contributed by atoms with E-state index in [4.69, 9.17) is 4.74 Å². The van der Waals surface area contributed by atoms with Crippen LogP contribution in [0.3, 0.4) is 0 Å². The Balaban J connectivity index is 2.21. The van der Waals surface area contributed by atoms with Crippen molar-refractivity contribution in [3.05, 3.63) is 35.7 Å². The van der Waals surface area contributed by atoms with Gasteiger partial charge in [0, 0.05) is 6.54 Å². The van der Waals surface area contributed by atoms with Crippen molar-refractivity contribution in [2.24, 2.45) is 0 Å². The van der Waals surface area contributed by atoms with Gasteiger partial charge in [0.15, 0.2) is 5.69 Å². The maximum Gasteiger partial charge on any atom is 0.356 e. The molecule has 3 rings (SSSR count). The summed E-state index contributed by atoms with van der Waals surface area (Å²) in [5, 5.41) is 9.23. The number of aromatic nitrogens is 2. The molecule has 0 saturated carbocycles. The van der Waals surface area contributed by atoms with Crippen molar-refractivity contribution in [2.45, 2.75) is 19.4 Å². The van der Waals surface area contributed by atoms with E-state index in [0.717, 1.165) is 30.6 Å². The average Bonchev–Trinajstić information content (AvgIpc) is 2.99. The molecule has 0 spiro atoms. The van der Waals surface area contributed by atoms with Crippen LogP contribution in [0.1, 0.15) is 22.6 Å². The van der Waals surface area contributed by atoms with Gasteiger partial charge in [0.1, 0.15) is 11.6 Å². The van der Waals surface area contributed by atoms with Crippen LogP contribution in [0.5, 0.6) is 5.75 Å². The highest BCUT2D eigenvalue weighted by Gasteiger charge is 2.26. The lowest BCUT2D eigenvalue weighted by Crippen LogP contribution is -2.00. The van der Waals surface area contributed by atoms with Gasteiger partial charge in [-0.15, -0.1) is 0 Å². The number of aromatic carboxylic acids is 1. The number of carboxylic acids is 1. The average molecular weight is 258 g/mol. The van der Waals surface area contributed by atoms with Gasteiger partial charge in [-0.25, -0.2) is 9.78 Å². The number of carboxylic acid groups (broad SMARTS) is 1. The summed E-state index contributed by atoms with van der Waals surface area (Å²) in [5.74, 6) is 0.424. The molecule has 0 unspecified atom stereocenters. The Morgan fingerprint density at radius 1 is 1.42 bits per heavy atom. The Morgan fingerprint density at radius 2 is 2.21 bits per heavy atom. The first-order valence-electron chi connectivity index (χ1n) is 6.18. The Kier molecular flexibility index (Phi) is 2.74. The molecule has 0 radical (unpaired) electrons. The summed E-state index contributed by atoms with van der Waals surface area (Å²) < 4.78 is 7.32. The van der Waals surface area contributed by atoms with Gasteiger partial charge in [-0.1, -0.05) is 12.1 Å². The summed E-state index contributed by atoms with van der Waals surface area (Å²) in [6.45, 7) is 0.809. The van der Waals surface area contributed by atoms with E-state index in [-0.39, 0.29) is 5.69 Å². The molecule has 5 nitrogen and oxygen atoms in total. The highest BCUT2D eigenvalue weighted by Crippen LogP contribution is 2.33. The fourth-order valence-corrected chi connectivity index (χ4v) is 2.59. The molecular formula is C14H14N2O3. The van der Waals surface area contributed by atoms with Crippen molar-refractivity contribution < 1.29 is 14.6 Å². The highest BCUT2D eigenvalue weighted by atomic mass is 16.5. The maximum atomic E-state index is 11.3. The van der Waals surface area contributed by atoms with Crippen molar-refractivity contribution in [1.29, 1.82) is 0 Å². The number of ether oxygens (including phenoxy) is 1. The summed E-state index contributed by atoms with van der Waals surface area (Å²) in [5.41, 5.74) is 1.81. The highest BCUT2D eigenvalue weighted by molar-refractivity contribution is 5.88. The van der Waals surface area contributed by atoms with E-state index in [1.807, 2.05) is 28.8 Å². The van der Waals surface area contributed by atoms with E-state index in [1.54, 1.807) is 7.11 Å². The van der Waals surface area contributed by atoms with Crippen LogP contribution < -0.4 is 4.74 Å². The van der Waals surface area contributed by atoms with Gasteiger partial charge in [-0.2, -0.15) is 0 Å². The predicted molar refractivity (Wildman–Crippen MR) is 69.5 cm³/mol. The van der Waals surface area contributed by atoms with E-state index >= 15 is 0 Å². The molecule has 0 bridgehead atoms. The third kappa shape index (κ3) is 1.78. The number of benzene rings is 1. The number of carbonyl (C=O) groups is 1. The number of rotatable bonds is 3. The first kappa shape index (κ1) is 11.8. The molecule has 2 aromatic rings. The van der Waals surface area contributed by atoms with Gasteiger partial charge in [-0.3, -0.25) is 0 Å². The number of methoxy groups -OCH3 is 1. The zero-order chi connectivity index (χ0) is 13.4. The quantitative estimate of drug-likeness (QED) is 0.916. The van der Waals surface area contributed by atoms with Crippen molar-refractivity contribution in [1.82, 2.24) is 9.55 Å². The van der Waals surface area contributed by atoms with Crippen molar-refractivity contribution >= 4 is 5.97 Å². The summed E-state index contributed by atoms with van der Waals surface area (Å²) in [7, 11) is 1.60. The standard InChI is InChI=1S/C14H14N2O3/c1-19-11-7-3-2-5-9(11)13-15-12(14(17)18)10-6-4-8-16(10)13/h2-3,5,7H,4,6,8H2,1H3,(H,17,18). The second-order valence-corrected chi connectivity index (χ2v) is 4.49. The van der Waals surface area contributed by atoms with E-state index in [1.165, 1.54) is 0 Å². The van der Waals surface area contributed by atoms with Gasteiger partial charge in [-0.05, 0) is 25.0 Å². The molecule has 1 aromatic carbocycles. The van der Waals surface area contributed by atoms with Crippen LogP contribution in [0.4, 0.5) is 0 Å². The first-order chi connectivity index (χ1) is 9.22. The minimum atomic E-state index is -0.966. The van der Waals surface area contributed by atoms with Crippen LogP contribution in [-0.4, -0.2) is 27.7 Å². The number of para-hydroxylation sites is 1. The molecule has 1 aliphatic rings. The molecule has 1 N–H and O–H groups in total. The van der Waals surface area contributed by atoms with Crippen molar-refractivity contribution in [3.8, 4) is 17.1 Å². The smallest absolute Gasteiger partial charge is 0.356 e. The topological polar surface area (TPSA) is 64.3 Å². The molecule has 2 heterocycles. The molecule has 1 aromatic heterocycles. The number of nitrogens with zero attached hydrogens (tertiary/aromatic N) is 2. The largest absolute Gasteiger partial charge is 0.496 e. The summed E-state index contributed by atoms with van der Waals surface area (Å²) in [6.07, 6.45) is 1.73. The van der Waals surface area contributed by atoms with Crippen molar-refractivity contribution in [2.75, 3.05) is 7.11 Å². The summed E-state index contributed by atoms with van der Waals surface area (Å²) in [4.78, 5) is 15.5. The second-order valence-electron chi connectivity index (χ2n) is 4.49. The molecular weight excluding hydrogens is 244 g/mol. The van der Waals surface area contributed by atoms with Gasteiger partial charge >= 0.3 is 5.97 Å². The molecule has 0 aliphatic carbocycles. The van der Waals surface area contributed by atoms with E-state index < -0.39 is 5.97 Å². The number of hydrogen-bond acceptors (Lipinski definition) is 3. The van der Waals surface area contributed by atoms with Crippen LogP contribution in [0, 0.1) is 0 Å². The first-order valence-corrected chi connectivity index (χ1v) is 6.18. The Labute approximate surface area is 110 Å². The minimum absolute atomic E-state index is 0.165. The zero-order valence-electron chi connectivity index (χ0n) is 10.6. The third-order valence-electron chi connectivity index (χ3n) is 3.42. The normalized spacial score (nSPS) is 13.3. The zero-order valence-corrected chi connectivity index (χ0v) is 10.6. The van der Waals surface area contributed by atoms with Gasteiger partial charge in [0.2, 0.25) is 0 Å². The van der Waals surface area contributed by atoms with Gasteiger partial charge in [0.05, 0.1) is 18.4 Å². The maximum absolute atomic E-state index is 11.3. The third-order valence-corrected chi connectivity index (χ3v) is 3.42. The van der Waals surface area contributed by atoms with E-state index in [9.17, 15) is 9.90 Å². The van der Waals surface area contributed by atoms with Crippen LogP contribution in [0.15, 0.2) is 24.3 Å². The number of fused-ring (bicyclic) bond motifs is 1. The molecule has 98 valence electrons. The summed E-state index contributed by atoms with van der Waals surface area (Å²) >= 11 is 0. The molecule has 0 fully saturated rings. The minimum Gasteiger partial charge on any atom is -0.496 e. The van der Waals surface area contributed by atoms with E-state index in [2.05, 4.69) is 4.98 Å². The lowest BCUT2D eigenvalue weighted by molar-refractivity contribution is 0.0690. The van der Waals surface area contributed by atoms with Crippen LogP contribution in [0.25, 0.3) is 11.4 Å². The summed E-state index contributed by atoms with van der Waals surface area (Å²) in [6, 6.07) is 7.54. The predicted octanol–water partition coefficient (Wildman–Crippen LogP) is 2.20. The molecule has 0 saturated heterocycles. The molecule has 0 atom stereocenters. The molecule has 0 amide bonds. The Morgan fingerprint density at radius 3 is 2.95 bits per heavy atom. The van der Waals surface area contributed by atoms with Crippen LogP contribution in [-0.2, 0) is 13.0 Å². The Hall–Kier alpha value is -2.30. The van der Waals surface area contributed by atoms with Crippen LogP contribution in [0.2, 0.25) is 0 Å². The Bertz CT molecular complexity index is 646. The SMILES string of the molecule is COc1ccccc1-c1nc(C(=O)O)c2n1CCC2. The fraction of sp³-hybridized carbons (Fsp3) is 0.286. The lowest BCUT2D eigenvalue weighted by Gasteiger charge is -2.08. The van der Waals surface area contributed by atoms with Gasteiger partial charge < -0.3 is 14.4 Å². The number of hydrogen-bond donors (Lipinski definition) is 1. The lowest BCUT2D eigenvalue weighted by atomic mass is 10.2. The molecule has 5 heteroatoms. The number of imidazole rings is 1. The van der Waals surface area contributed by atoms with Crippen molar-refractivity contribution in [3.63, 3.8) is 0 Å². The van der Waals surface area contributed by atoms with Crippen LogP contribution >= 0.6 is 0 Å². The fourth-order valence-electron chi connectivity index (χ4n) is 2.59. The molecule has 19 heavy (non-hydrogen) atoms. The van der Waals surface area contributed by atoms with E-state index in [0.29, 0.717) is 11.6 Å². The van der Waals surface area contributed by atoms with Gasteiger partial charge in [0.25, 0.3) is 0 Å². The monoisotopic (exact) mass is 258 g/mol. The second kappa shape index (κ2) is 4.42. The molecule has 1 aliphatic heterocycles.